The molecule has 0 aliphatic carbocycles. The fourth-order valence-corrected chi connectivity index (χ4v) is 3.52. The third-order valence-corrected chi connectivity index (χ3v) is 5.03. The Bertz CT molecular complexity index is 1060. The number of carbonyl (C=O) groups is 1. The zero-order valence-corrected chi connectivity index (χ0v) is 17.1. The zero-order chi connectivity index (χ0) is 21.1. The Hall–Kier alpha value is -3.55. The predicted molar refractivity (Wildman–Crippen MR) is 112 cm³/mol. The van der Waals surface area contributed by atoms with Crippen molar-refractivity contribution in [1.29, 1.82) is 0 Å². The van der Waals surface area contributed by atoms with Gasteiger partial charge in [0, 0.05) is 23.6 Å². The molecule has 2 aromatic heterocycles. The predicted octanol–water partition coefficient (Wildman–Crippen LogP) is 3.44. The summed E-state index contributed by atoms with van der Waals surface area (Å²) in [6.45, 7) is 0.488. The first kappa shape index (κ1) is 19.8. The van der Waals surface area contributed by atoms with Gasteiger partial charge < -0.3 is 24.3 Å². The Balaban J connectivity index is 1.75. The summed E-state index contributed by atoms with van der Waals surface area (Å²) in [5.41, 5.74) is 2.29. The van der Waals surface area contributed by atoms with Crippen LogP contribution in [0.25, 0.3) is 22.2 Å². The molecule has 1 aromatic carbocycles. The lowest BCUT2D eigenvalue weighted by Crippen LogP contribution is -2.20. The molecule has 1 atom stereocenters. The van der Waals surface area contributed by atoms with Crippen LogP contribution in [0.5, 0.6) is 17.2 Å². The highest BCUT2D eigenvalue weighted by Crippen LogP contribution is 2.41. The number of cyclic esters (lactones) is 1. The number of pyridine rings is 2. The number of fused-ring (bicyclic) bond motifs is 1. The molecule has 30 heavy (non-hydrogen) atoms. The molecule has 3 heterocycles. The summed E-state index contributed by atoms with van der Waals surface area (Å²) in [5.74, 6) is 2.12. The summed E-state index contributed by atoms with van der Waals surface area (Å²) in [5, 5.41) is 4.21. The molecular weight excluding hydrogens is 386 g/mol. The van der Waals surface area contributed by atoms with Crippen molar-refractivity contribution in [1.82, 2.24) is 9.97 Å². The Morgan fingerprint density at radius 2 is 1.90 bits per heavy atom. The highest BCUT2D eigenvalue weighted by atomic mass is 16.6. The van der Waals surface area contributed by atoms with E-state index in [1.165, 1.54) is 0 Å². The van der Waals surface area contributed by atoms with Crippen molar-refractivity contribution in [2.45, 2.75) is 18.9 Å². The van der Waals surface area contributed by atoms with Crippen LogP contribution in [0.4, 0.5) is 5.82 Å². The fourth-order valence-electron chi connectivity index (χ4n) is 3.52. The molecule has 0 amide bonds. The lowest BCUT2D eigenvalue weighted by atomic mass is 10.1. The minimum absolute atomic E-state index is 0.157. The van der Waals surface area contributed by atoms with Gasteiger partial charge in [0.15, 0.2) is 11.5 Å². The second kappa shape index (κ2) is 8.44. The Morgan fingerprint density at radius 3 is 2.53 bits per heavy atom. The lowest BCUT2D eigenvalue weighted by Gasteiger charge is -2.16. The number of methoxy groups -OCH3 is 3. The highest BCUT2D eigenvalue weighted by Gasteiger charge is 2.23. The first-order valence-electron chi connectivity index (χ1n) is 9.62. The maximum Gasteiger partial charge on any atom is 0.306 e. The Labute approximate surface area is 174 Å². The zero-order valence-electron chi connectivity index (χ0n) is 17.1. The van der Waals surface area contributed by atoms with Crippen molar-refractivity contribution in [3.05, 3.63) is 36.5 Å². The van der Waals surface area contributed by atoms with E-state index in [0.717, 1.165) is 16.5 Å². The second-order valence-corrected chi connectivity index (χ2v) is 6.87. The summed E-state index contributed by atoms with van der Waals surface area (Å²) in [7, 11) is 4.72. The number of nitrogens with zero attached hydrogens (tertiary/aromatic N) is 2. The molecule has 1 saturated heterocycles. The van der Waals surface area contributed by atoms with E-state index in [9.17, 15) is 4.79 Å². The molecule has 4 rings (SSSR count). The van der Waals surface area contributed by atoms with Crippen LogP contribution in [-0.4, -0.2) is 49.9 Å². The number of esters is 1. The molecule has 0 bridgehead atoms. The first-order chi connectivity index (χ1) is 14.6. The van der Waals surface area contributed by atoms with Crippen LogP contribution in [0.2, 0.25) is 0 Å². The summed E-state index contributed by atoms with van der Waals surface area (Å²) in [6.07, 6.45) is 2.74. The van der Waals surface area contributed by atoms with E-state index in [4.69, 9.17) is 23.9 Å². The lowest BCUT2D eigenvalue weighted by molar-refractivity contribution is -0.140. The molecule has 8 heteroatoms. The van der Waals surface area contributed by atoms with Crippen LogP contribution in [0.15, 0.2) is 36.5 Å². The number of rotatable bonds is 7. The van der Waals surface area contributed by atoms with Crippen molar-refractivity contribution in [2.24, 2.45) is 0 Å². The Kier molecular flexibility index (Phi) is 5.56. The summed E-state index contributed by atoms with van der Waals surface area (Å²) in [6, 6.07) is 9.43. The van der Waals surface area contributed by atoms with E-state index in [1.807, 2.05) is 30.3 Å². The number of nitrogens with one attached hydrogen (secondary N) is 1. The Morgan fingerprint density at radius 1 is 1.13 bits per heavy atom. The number of anilines is 1. The van der Waals surface area contributed by atoms with Crippen molar-refractivity contribution in [2.75, 3.05) is 33.2 Å². The topological polar surface area (TPSA) is 91.8 Å². The van der Waals surface area contributed by atoms with E-state index < -0.39 is 0 Å². The van der Waals surface area contributed by atoms with Gasteiger partial charge in [0.2, 0.25) is 5.75 Å². The normalized spacial score (nSPS) is 15.7. The average molecular weight is 409 g/mol. The van der Waals surface area contributed by atoms with E-state index in [2.05, 4.69) is 10.3 Å². The minimum Gasteiger partial charge on any atom is -0.493 e. The van der Waals surface area contributed by atoms with Crippen LogP contribution >= 0.6 is 0 Å². The summed E-state index contributed by atoms with van der Waals surface area (Å²) in [4.78, 5) is 20.7. The van der Waals surface area contributed by atoms with Crippen LogP contribution in [0.3, 0.4) is 0 Å². The van der Waals surface area contributed by atoms with E-state index >= 15 is 0 Å². The van der Waals surface area contributed by atoms with Gasteiger partial charge in [-0.2, -0.15) is 0 Å². The van der Waals surface area contributed by atoms with Gasteiger partial charge in [0.1, 0.15) is 11.9 Å². The fraction of sp³-hybridized carbons (Fsp3) is 0.318. The van der Waals surface area contributed by atoms with Gasteiger partial charge in [0.25, 0.3) is 0 Å². The van der Waals surface area contributed by atoms with E-state index in [0.29, 0.717) is 48.1 Å². The maximum atomic E-state index is 11.4. The summed E-state index contributed by atoms with van der Waals surface area (Å²) >= 11 is 0. The van der Waals surface area contributed by atoms with Crippen molar-refractivity contribution in [3.8, 4) is 28.5 Å². The number of aromatic nitrogens is 2. The van der Waals surface area contributed by atoms with Gasteiger partial charge in [-0.15, -0.1) is 0 Å². The number of ether oxygens (including phenoxy) is 4. The molecule has 8 nitrogen and oxygen atoms in total. The SMILES string of the molecule is COc1cc(-c2cc3ncccc3c(NC[C@H]3CCC(=O)O3)n2)cc(OC)c1OC. The molecule has 1 N–H and O–H groups in total. The molecule has 1 fully saturated rings. The molecule has 0 spiro atoms. The van der Waals surface area contributed by atoms with Crippen molar-refractivity contribution < 1.29 is 23.7 Å². The average Bonchev–Trinajstić information content (AvgIpc) is 3.21. The molecule has 156 valence electrons. The molecule has 1 aliphatic rings. The van der Waals surface area contributed by atoms with E-state index in [-0.39, 0.29) is 12.1 Å². The standard InChI is InChI=1S/C22H23N3O5/c1-27-18-9-13(10-19(28-2)21(18)29-3)16-11-17-15(5-4-8-23-17)22(25-16)24-12-14-6-7-20(26)30-14/h4-5,8-11,14H,6-7,12H2,1-3H3,(H,24,25)/t14-/m1/s1. The van der Waals surface area contributed by atoms with Gasteiger partial charge in [-0.05, 0) is 36.8 Å². The van der Waals surface area contributed by atoms with Crippen LogP contribution in [0, 0.1) is 0 Å². The second-order valence-electron chi connectivity index (χ2n) is 6.87. The number of carbonyl (C=O) groups excluding carboxylic acids is 1. The third kappa shape index (κ3) is 3.80. The highest BCUT2D eigenvalue weighted by molar-refractivity contribution is 5.92. The van der Waals surface area contributed by atoms with Crippen molar-refractivity contribution in [3.63, 3.8) is 0 Å². The van der Waals surface area contributed by atoms with Gasteiger partial charge >= 0.3 is 5.97 Å². The van der Waals surface area contributed by atoms with Crippen LogP contribution in [0.1, 0.15) is 12.8 Å². The molecule has 0 unspecified atom stereocenters. The monoisotopic (exact) mass is 409 g/mol. The molecule has 1 aliphatic heterocycles. The third-order valence-electron chi connectivity index (χ3n) is 5.03. The smallest absolute Gasteiger partial charge is 0.306 e. The molecule has 3 aromatic rings. The molecule has 0 saturated carbocycles. The van der Waals surface area contributed by atoms with Gasteiger partial charge in [-0.1, -0.05) is 0 Å². The van der Waals surface area contributed by atoms with Gasteiger partial charge in [0.05, 0.1) is 39.1 Å². The van der Waals surface area contributed by atoms with Crippen molar-refractivity contribution >= 4 is 22.7 Å². The van der Waals surface area contributed by atoms with E-state index in [1.54, 1.807) is 27.5 Å². The first-order valence-corrected chi connectivity index (χ1v) is 9.62. The van der Waals surface area contributed by atoms with Gasteiger partial charge in [-0.3, -0.25) is 9.78 Å². The number of benzene rings is 1. The van der Waals surface area contributed by atoms with Crippen LogP contribution < -0.4 is 19.5 Å². The quantitative estimate of drug-likeness (QED) is 0.594. The van der Waals surface area contributed by atoms with Crippen LogP contribution in [-0.2, 0) is 9.53 Å². The molecular formula is C22H23N3O5. The number of hydrogen-bond acceptors (Lipinski definition) is 8. The summed E-state index contributed by atoms with van der Waals surface area (Å²) < 4.78 is 21.7. The van der Waals surface area contributed by atoms with Gasteiger partial charge in [-0.25, -0.2) is 4.98 Å². The maximum absolute atomic E-state index is 11.4. The minimum atomic E-state index is -0.160. The largest absolute Gasteiger partial charge is 0.493 e. The number of hydrogen-bond donors (Lipinski definition) is 1. The molecule has 0 radical (unpaired) electrons.